The summed E-state index contributed by atoms with van der Waals surface area (Å²) >= 11 is 1.85. The monoisotopic (exact) mass is 602 g/mol. The minimum atomic E-state index is 0.372. The molecule has 10 rings (SSSR count). The summed E-state index contributed by atoms with van der Waals surface area (Å²) in [6.45, 7) is 0. The molecule has 0 spiro atoms. The predicted molar refractivity (Wildman–Crippen MR) is 192 cm³/mol. The van der Waals surface area contributed by atoms with Gasteiger partial charge < -0.3 is 0 Å². The number of benzene rings is 7. The molecule has 212 valence electrons. The van der Waals surface area contributed by atoms with Gasteiger partial charge in [-0.2, -0.15) is 5.26 Å². The van der Waals surface area contributed by atoms with Crippen LogP contribution in [0.3, 0.4) is 0 Å². The third-order valence-electron chi connectivity index (χ3n) is 9.24. The second-order valence-electron chi connectivity index (χ2n) is 11.7. The first-order chi connectivity index (χ1) is 22.7. The maximum Gasteiger partial charge on any atom is 0.236 e. The lowest BCUT2D eigenvalue weighted by Gasteiger charge is -2.09. The molecule has 0 bridgehead atoms. The second-order valence-corrected chi connectivity index (χ2v) is 12.8. The van der Waals surface area contributed by atoms with E-state index in [9.17, 15) is 5.26 Å². The Morgan fingerprint density at radius 1 is 0.522 bits per heavy atom. The molecule has 0 aliphatic heterocycles. The summed E-state index contributed by atoms with van der Waals surface area (Å²) in [6, 6.07) is 49.5. The number of hydrogen-bond acceptors (Lipinski definition) is 4. The Balaban J connectivity index is 1.27. The Morgan fingerprint density at radius 2 is 1.15 bits per heavy atom. The van der Waals surface area contributed by atoms with Gasteiger partial charge in [0.15, 0.2) is 5.69 Å². The summed E-state index contributed by atoms with van der Waals surface area (Å²) in [6.07, 6.45) is 0. The number of fused-ring (bicyclic) bond motifs is 11. The van der Waals surface area contributed by atoms with Crippen LogP contribution in [-0.4, -0.2) is 14.5 Å². The Hall–Kier alpha value is -6.09. The van der Waals surface area contributed by atoms with Crippen molar-refractivity contribution in [1.82, 2.24) is 14.5 Å². The molecule has 0 unspecified atom stereocenters. The summed E-state index contributed by atoms with van der Waals surface area (Å²) in [5.41, 5.74) is 5.46. The molecule has 0 fully saturated rings. The molecule has 0 saturated heterocycles. The van der Waals surface area contributed by atoms with Gasteiger partial charge >= 0.3 is 0 Å². The van der Waals surface area contributed by atoms with Gasteiger partial charge in [0.25, 0.3) is 0 Å². The van der Waals surface area contributed by atoms with Gasteiger partial charge in [-0.25, -0.2) is 9.97 Å². The summed E-state index contributed by atoms with van der Waals surface area (Å²) in [7, 11) is 0. The van der Waals surface area contributed by atoms with E-state index in [0.717, 1.165) is 38.3 Å². The molecule has 0 atom stereocenters. The highest BCUT2D eigenvalue weighted by atomic mass is 32.1. The minimum absolute atomic E-state index is 0.372. The zero-order valence-electron chi connectivity index (χ0n) is 24.4. The minimum Gasteiger partial charge on any atom is -0.278 e. The average Bonchev–Trinajstić information content (AvgIpc) is 3.66. The molecule has 5 heteroatoms. The molecule has 0 aliphatic carbocycles. The molecule has 46 heavy (non-hydrogen) atoms. The summed E-state index contributed by atoms with van der Waals surface area (Å²) in [5.74, 6) is 0.497. The number of nitriles is 1. The average molecular weight is 603 g/mol. The molecule has 3 heterocycles. The van der Waals surface area contributed by atoms with E-state index in [1.807, 2.05) is 35.6 Å². The van der Waals surface area contributed by atoms with Crippen molar-refractivity contribution in [3.63, 3.8) is 0 Å². The number of nitrogens with zero attached hydrogens (tertiary/aromatic N) is 4. The van der Waals surface area contributed by atoms with Crippen molar-refractivity contribution in [2.75, 3.05) is 0 Å². The fourth-order valence-corrected chi connectivity index (χ4v) is 8.26. The summed E-state index contributed by atoms with van der Waals surface area (Å²) < 4.78 is 4.71. The third kappa shape index (κ3) is 3.53. The molecular weight excluding hydrogens is 581 g/mol. The first-order valence-corrected chi connectivity index (χ1v) is 16.0. The maximum atomic E-state index is 10.0. The van der Waals surface area contributed by atoms with Crippen LogP contribution in [0, 0.1) is 11.3 Å². The van der Waals surface area contributed by atoms with Crippen LogP contribution in [0.25, 0.3) is 91.5 Å². The standard InChI is InChI=1S/C41H22N4S/c42-23-34-30-11-5-6-12-33(30)43-41(44-34)45-35-17-14-26(21-31(35)39-28-9-3-1-7-24(28)13-18-36(39)45)27-16-19-37-32(22-27)40-29-10-4-2-8-25(29)15-20-38(40)46-37/h1-22H. The van der Waals surface area contributed by atoms with E-state index in [4.69, 9.17) is 9.97 Å². The highest BCUT2D eigenvalue weighted by Gasteiger charge is 2.19. The van der Waals surface area contributed by atoms with Crippen LogP contribution >= 0.6 is 11.3 Å². The topological polar surface area (TPSA) is 54.5 Å². The zero-order valence-corrected chi connectivity index (χ0v) is 25.2. The smallest absolute Gasteiger partial charge is 0.236 e. The Morgan fingerprint density at radius 3 is 1.96 bits per heavy atom. The van der Waals surface area contributed by atoms with Gasteiger partial charge in [-0.15, -0.1) is 11.3 Å². The number of hydrogen-bond donors (Lipinski definition) is 0. The van der Waals surface area contributed by atoms with Crippen molar-refractivity contribution in [2.45, 2.75) is 0 Å². The van der Waals surface area contributed by atoms with Crippen LogP contribution < -0.4 is 0 Å². The molecule has 0 radical (unpaired) electrons. The van der Waals surface area contributed by atoms with Crippen LogP contribution in [0.2, 0.25) is 0 Å². The van der Waals surface area contributed by atoms with Crippen LogP contribution in [0.15, 0.2) is 133 Å². The summed E-state index contributed by atoms with van der Waals surface area (Å²) in [4.78, 5) is 9.77. The van der Waals surface area contributed by atoms with Gasteiger partial charge in [0.2, 0.25) is 5.95 Å². The molecule has 0 N–H and O–H groups in total. The fraction of sp³-hybridized carbons (Fsp3) is 0. The lowest BCUT2D eigenvalue weighted by molar-refractivity contribution is 1.00. The predicted octanol–water partition coefficient (Wildman–Crippen LogP) is 10.9. The van der Waals surface area contributed by atoms with Crippen molar-refractivity contribution in [3.05, 3.63) is 139 Å². The van der Waals surface area contributed by atoms with E-state index in [1.165, 1.54) is 47.3 Å². The van der Waals surface area contributed by atoms with Gasteiger partial charge in [0.05, 0.1) is 16.6 Å². The van der Waals surface area contributed by atoms with E-state index >= 15 is 0 Å². The van der Waals surface area contributed by atoms with Gasteiger partial charge in [-0.1, -0.05) is 84.9 Å². The van der Waals surface area contributed by atoms with Crippen LogP contribution in [0.5, 0.6) is 0 Å². The van der Waals surface area contributed by atoms with Gasteiger partial charge in [-0.3, -0.25) is 4.57 Å². The lowest BCUT2D eigenvalue weighted by Crippen LogP contribution is -2.03. The third-order valence-corrected chi connectivity index (χ3v) is 10.4. The SMILES string of the molecule is N#Cc1nc(-n2c3ccc(-c4ccc5sc6ccc7ccccc7c6c5c4)cc3c3c4ccccc4ccc32)nc2ccccc12. The maximum absolute atomic E-state index is 10.0. The quantitative estimate of drug-likeness (QED) is 0.198. The first-order valence-electron chi connectivity index (χ1n) is 15.2. The van der Waals surface area contributed by atoms with Crippen molar-refractivity contribution in [2.24, 2.45) is 0 Å². The number of aromatic nitrogens is 3. The van der Waals surface area contributed by atoms with Gasteiger partial charge in [0.1, 0.15) is 6.07 Å². The second kappa shape index (κ2) is 9.45. The van der Waals surface area contributed by atoms with Crippen molar-refractivity contribution >= 4 is 85.8 Å². The van der Waals surface area contributed by atoms with Crippen LogP contribution in [-0.2, 0) is 0 Å². The largest absolute Gasteiger partial charge is 0.278 e. The highest BCUT2D eigenvalue weighted by molar-refractivity contribution is 7.26. The van der Waals surface area contributed by atoms with E-state index in [0.29, 0.717) is 11.6 Å². The first kappa shape index (κ1) is 25.3. The van der Waals surface area contributed by atoms with E-state index in [1.54, 1.807) is 0 Å². The fourth-order valence-electron chi connectivity index (χ4n) is 7.16. The number of thiophene rings is 1. The number of para-hydroxylation sites is 1. The van der Waals surface area contributed by atoms with E-state index < -0.39 is 0 Å². The van der Waals surface area contributed by atoms with Crippen LogP contribution in [0.1, 0.15) is 5.69 Å². The Bertz CT molecular complexity index is 2940. The molecule has 4 nitrogen and oxygen atoms in total. The molecule has 10 aromatic rings. The lowest BCUT2D eigenvalue weighted by atomic mass is 9.98. The van der Waals surface area contributed by atoms with E-state index in [2.05, 4.69) is 120 Å². The van der Waals surface area contributed by atoms with Crippen molar-refractivity contribution in [3.8, 4) is 23.1 Å². The number of rotatable bonds is 2. The van der Waals surface area contributed by atoms with E-state index in [-0.39, 0.29) is 0 Å². The summed E-state index contributed by atoms with van der Waals surface area (Å²) in [5, 5.41) is 20.6. The van der Waals surface area contributed by atoms with Crippen LogP contribution in [0.4, 0.5) is 0 Å². The molecule has 0 aliphatic rings. The molecule has 0 saturated carbocycles. The zero-order chi connectivity index (χ0) is 30.4. The van der Waals surface area contributed by atoms with Gasteiger partial charge in [-0.05, 0) is 81.2 Å². The van der Waals surface area contributed by atoms with Crippen molar-refractivity contribution in [1.29, 1.82) is 5.26 Å². The molecule has 3 aromatic heterocycles. The normalized spacial score (nSPS) is 11.9. The molecule has 0 amide bonds. The molecular formula is C41H22N4S. The Labute approximate surface area is 267 Å². The highest BCUT2D eigenvalue weighted by Crippen LogP contribution is 2.42. The molecule has 7 aromatic carbocycles. The van der Waals surface area contributed by atoms with Crippen molar-refractivity contribution < 1.29 is 0 Å². The Kier molecular flexibility index (Phi) is 5.19. The van der Waals surface area contributed by atoms with Gasteiger partial charge in [0, 0.05) is 36.3 Å².